The lowest BCUT2D eigenvalue weighted by molar-refractivity contribution is -0.155. The summed E-state index contributed by atoms with van der Waals surface area (Å²) in [5, 5.41) is 0. The van der Waals surface area contributed by atoms with Crippen LogP contribution in [-0.4, -0.2) is 44.6 Å². The monoisotopic (exact) mass is 602 g/mol. The first-order valence-corrected chi connectivity index (χ1v) is 15.5. The normalized spacial score (nSPS) is 32.2. The van der Waals surface area contributed by atoms with Gasteiger partial charge in [0, 0.05) is 31.5 Å². The summed E-state index contributed by atoms with van der Waals surface area (Å²) in [4.78, 5) is 11.0. The molecule has 4 heterocycles. The summed E-state index contributed by atoms with van der Waals surface area (Å²) >= 11 is 0. The van der Waals surface area contributed by atoms with E-state index in [9.17, 15) is 18.0 Å². The molecule has 0 saturated carbocycles. The van der Waals surface area contributed by atoms with Crippen molar-refractivity contribution in [1.82, 2.24) is 0 Å². The van der Waals surface area contributed by atoms with E-state index in [0.29, 0.717) is 55.5 Å². The molecule has 7 atom stereocenters. The maximum absolute atomic E-state index is 13.4. The predicted octanol–water partition coefficient (Wildman–Crippen LogP) is 7.81. The van der Waals surface area contributed by atoms with Crippen LogP contribution in [0, 0.1) is 41.1 Å². The number of hydrogen-bond donors (Lipinski definition) is 0. The lowest BCUT2D eigenvalue weighted by atomic mass is 9.85. The largest absolute Gasteiger partial charge is 0.465 e. The Balaban J connectivity index is 0.000000238. The molecular weight excluding hydrogens is 553 g/mol. The minimum absolute atomic E-state index is 0. The van der Waals surface area contributed by atoms with E-state index in [-0.39, 0.29) is 31.7 Å². The number of esters is 1. The fourth-order valence-corrected chi connectivity index (χ4v) is 6.71. The van der Waals surface area contributed by atoms with Crippen molar-refractivity contribution in [3.63, 3.8) is 0 Å². The third-order valence-corrected chi connectivity index (χ3v) is 9.12. The molecule has 0 N–H and O–H groups in total. The lowest BCUT2D eigenvalue weighted by Crippen LogP contribution is -2.37. The fraction of sp³-hybridized carbons (Fsp3) is 0.781. The van der Waals surface area contributed by atoms with Gasteiger partial charge in [-0.15, -0.1) is 0 Å². The Hall–Kier alpha value is -1.29. The Morgan fingerprint density at radius 2 is 1.27 bits per heavy atom. The van der Waals surface area contributed by atoms with Crippen molar-refractivity contribution in [2.24, 2.45) is 23.7 Å². The first-order valence-electron chi connectivity index (χ1n) is 15.5. The lowest BCUT2D eigenvalue weighted by Gasteiger charge is -2.38. The average Bonchev–Trinajstić information content (AvgIpc) is 2.98. The van der Waals surface area contributed by atoms with E-state index in [1.807, 2.05) is 0 Å². The molecule has 0 spiro atoms. The highest BCUT2D eigenvalue weighted by atomic mass is 32.1. The third-order valence-electron chi connectivity index (χ3n) is 9.12. The summed E-state index contributed by atoms with van der Waals surface area (Å²) in [5.41, 5.74) is 0.373. The van der Waals surface area contributed by atoms with E-state index in [4.69, 9.17) is 18.9 Å². The second-order valence-electron chi connectivity index (χ2n) is 12.1. The summed E-state index contributed by atoms with van der Waals surface area (Å²) in [6.45, 7) is 7.25. The van der Waals surface area contributed by atoms with Gasteiger partial charge in [0.05, 0.1) is 31.5 Å². The van der Waals surface area contributed by atoms with Crippen LogP contribution in [0.2, 0.25) is 0 Å². The molecule has 9 heteroatoms. The molecule has 4 aliphatic rings. The smallest absolute Gasteiger partial charge is 0.305 e. The van der Waals surface area contributed by atoms with Gasteiger partial charge in [0.2, 0.25) is 0 Å². The number of halogens is 3. The third kappa shape index (κ3) is 9.87. The molecule has 1 aromatic rings. The summed E-state index contributed by atoms with van der Waals surface area (Å²) in [6, 6.07) is 2.08. The van der Waals surface area contributed by atoms with Crippen LogP contribution in [0.25, 0.3) is 0 Å². The van der Waals surface area contributed by atoms with Gasteiger partial charge in [-0.3, -0.25) is 4.79 Å². The van der Waals surface area contributed by atoms with Crippen molar-refractivity contribution in [1.29, 1.82) is 0 Å². The zero-order valence-corrected chi connectivity index (χ0v) is 25.7. The number of carbonyl (C=O) groups excluding carboxylic acids is 1. The van der Waals surface area contributed by atoms with Crippen molar-refractivity contribution in [3.8, 4) is 0 Å². The zero-order chi connectivity index (χ0) is 28.5. The molecule has 234 valence electrons. The molecule has 41 heavy (non-hydrogen) atoms. The van der Waals surface area contributed by atoms with Crippen molar-refractivity contribution in [2.45, 2.75) is 109 Å². The molecule has 0 bridgehead atoms. The first kappa shape index (κ1) is 34.2. The maximum atomic E-state index is 13.4. The molecule has 1 aromatic carbocycles. The number of cyclic esters (lactones) is 1. The molecule has 0 aromatic heterocycles. The van der Waals surface area contributed by atoms with Crippen LogP contribution in [-0.2, 0) is 23.7 Å². The van der Waals surface area contributed by atoms with Gasteiger partial charge in [-0.05, 0) is 87.3 Å². The zero-order valence-electron chi connectivity index (χ0n) is 24.7. The second kappa shape index (κ2) is 17.1. The fourth-order valence-electron chi connectivity index (χ4n) is 6.71. The Labute approximate surface area is 250 Å². The van der Waals surface area contributed by atoms with Gasteiger partial charge < -0.3 is 18.9 Å². The van der Waals surface area contributed by atoms with Crippen LogP contribution in [0.5, 0.6) is 0 Å². The molecule has 5 nitrogen and oxygen atoms in total. The van der Waals surface area contributed by atoms with Gasteiger partial charge in [-0.25, -0.2) is 13.2 Å². The van der Waals surface area contributed by atoms with Crippen LogP contribution >= 0.6 is 13.5 Å². The highest BCUT2D eigenvalue weighted by molar-refractivity contribution is 7.59. The minimum Gasteiger partial charge on any atom is -0.465 e. The van der Waals surface area contributed by atoms with E-state index < -0.39 is 17.5 Å². The molecule has 0 radical (unpaired) electrons. The van der Waals surface area contributed by atoms with E-state index in [0.717, 1.165) is 56.9 Å². The van der Waals surface area contributed by atoms with Gasteiger partial charge in [0.1, 0.15) is 0 Å². The summed E-state index contributed by atoms with van der Waals surface area (Å²) in [7, 11) is 0. The highest BCUT2D eigenvalue weighted by Gasteiger charge is 2.33. The van der Waals surface area contributed by atoms with Crippen LogP contribution in [0.3, 0.4) is 0 Å². The van der Waals surface area contributed by atoms with Crippen molar-refractivity contribution < 1.29 is 36.9 Å². The number of rotatable bonds is 7. The van der Waals surface area contributed by atoms with E-state index in [2.05, 4.69) is 13.8 Å². The van der Waals surface area contributed by atoms with Crippen molar-refractivity contribution >= 4 is 19.5 Å². The maximum Gasteiger partial charge on any atom is 0.305 e. The van der Waals surface area contributed by atoms with Crippen LogP contribution < -0.4 is 0 Å². The molecule has 7 unspecified atom stereocenters. The average molecular weight is 603 g/mol. The van der Waals surface area contributed by atoms with Gasteiger partial charge in [0.15, 0.2) is 17.5 Å². The summed E-state index contributed by atoms with van der Waals surface area (Å²) in [6.07, 6.45) is 12.9. The number of carbonyl (C=O) groups is 1. The van der Waals surface area contributed by atoms with Crippen LogP contribution in [0.4, 0.5) is 13.2 Å². The molecule has 4 saturated heterocycles. The molecule has 0 amide bonds. The highest BCUT2D eigenvalue weighted by Crippen LogP contribution is 2.37. The number of benzene rings is 1. The van der Waals surface area contributed by atoms with E-state index >= 15 is 0 Å². The van der Waals surface area contributed by atoms with Crippen LogP contribution in [0.15, 0.2) is 12.1 Å². The molecule has 0 aliphatic carbocycles. The van der Waals surface area contributed by atoms with E-state index in [1.54, 1.807) is 0 Å². The standard InChI is InChI=1S/C19H25F3O2.C13H22O3.H2S/c1-2-3-12-4-6-17(23-10-12)13-5-7-18(24-11-13)14-8-15(20)19(22)16(21)9-14;1-2-3-10-4-6-12(15-8-10)11-5-7-13(14)16-9-11;/h8-9,12-13,17-18H,2-7,10-11H2,1H3;10-12H,2-9H2,1H3;1H2. The van der Waals surface area contributed by atoms with Gasteiger partial charge in [-0.2, -0.15) is 13.5 Å². The van der Waals surface area contributed by atoms with Crippen LogP contribution in [0.1, 0.15) is 103 Å². The van der Waals surface area contributed by atoms with Gasteiger partial charge >= 0.3 is 5.97 Å². The number of hydrogen-bond acceptors (Lipinski definition) is 5. The Bertz CT molecular complexity index is 893. The first-order chi connectivity index (χ1) is 19.4. The topological polar surface area (TPSA) is 54.0 Å². The van der Waals surface area contributed by atoms with E-state index in [1.165, 1.54) is 38.5 Å². The molecular formula is C32H49F3O5S. The second-order valence-corrected chi connectivity index (χ2v) is 12.1. The molecule has 5 rings (SSSR count). The minimum atomic E-state index is -1.43. The predicted molar refractivity (Wildman–Crippen MR) is 157 cm³/mol. The Kier molecular flexibility index (Phi) is 14.3. The molecule has 4 aliphatic heterocycles. The number of ether oxygens (including phenoxy) is 4. The van der Waals surface area contributed by atoms with Gasteiger partial charge in [0.25, 0.3) is 0 Å². The SMILES string of the molecule is CCCC1CCC(C2CCC(=O)OC2)OC1.CCCC1CCC(C2CCC(c3cc(F)c(F)c(F)c3)OC2)OC1.S. The van der Waals surface area contributed by atoms with Crippen molar-refractivity contribution in [2.75, 3.05) is 26.4 Å². The molecule has 4 fully saturated rings. The Morgan fingerprint density at radius 3 is 1.68 bits per heavy atom. The van der Waals surface area contributed by atoms with Crippen molar-refractivity contribution in [3.05, 3.63) is 35.1 Å². The Morgan fingerprint density at radius 1 is 0.707 bits per heavy atom. The quantitative estimate of drug-likeness (QED) is 0.235. The summed E-state index contributed by atoms with van der Waals surface area (Å²) in [5.74, 6) is -1.58. The van der Waals surface area contributed by atoms with Gasteiger partial charge in [-0.1, -0.05) is 26.7 Å². The summed E-state index contributed by atoms with van der Waals surface area (Å²) < 4.78 is 62.7.